The highest BCUT2D eigenvalue weighted by Gasteiger charge is 2.39. The molecule has 3 aliphatic rings. The van der Waals surface area contributed by atoms with Crippen molar-refractivity contribution in [2.45, 2.75) is 89.8 Å². The summed E-state index contributed by atoms with van der Waals surface area (Å²) in [7, 11) is 1.61. The van der Waals surface area contributed by atoms with Crippen molar-refractivity contribution in [1.29, 1.82) is 0 Å². The number of hydrogen-bond acceptors (Lipinski definition) is 8. The van der Waals surface area contributed by atoms with Gasteiger partial charge >= 0.3 is 0 Å². The molecule has 0 saturated heterocycles. The fraction of sp³-hybridized carbons (Fsp3) is 0.536. The second kappa shape index (κ2) is 10.2. The van der Waals surface area contributed by atoms with Gasteiger partial charge in [-0.15, -0.1) is 10.2 Å². The molecule has 2 N–H and O–H groups in total. The van der Waals surface area contributed by atoms with Crippen LogP contribution in [-0.4, -0.2) is 49.8 Å². The van der Waals surface area contributed by atoms with Crippen molar-refractivity contribution in [3.05, 3.63) is 41.6 Å². The fourth-order valence-electron chi connectivity index (χ4n) is 6.32. The van der Waals surface area contributed by atoms with E-state index in [0.29, 0.717) is 29.0 Å². The van der Waals surface area contributed by atoms with Gasteiger partial charge in [0.05, 0.1) is 25.0 Å². The lowest BCUT2D eigenvalue weighted by Gasteiger charge is -2.41. The summed E-state index contributed by atoms with van der Waals surface area (Å²) in [6, 6.07) is 6.24. The summed E-state index contributed by atoms with van der Waals surface area (Å²) < 4.78 is 7.74. The molecule has 2 aromatic heterocycles. The van der Waals surface area contributed by atoms with Crippen molar-refractivity contribution >= 4 is 23.4 Å². The summed E-state index contributed by atoms with van der Waals surface area (Å²) >= 11 is 0. The fourth-order valence-corrected chi connectivity index (χ4v) is 6.32. The number of amides is 1. The molecule has 0 spiro atoms. The third kappa shape index (κ3) is 4.35. The van der Waals surface area contributed by atoms with E-state index in [4.69, 9.17) is 9.72 Å². The predicted molar refractivity (Wildman–Crippen MR) is 145 cm³/mol. The van der Waals surface area contributed by atoms with E-state index in [1.165, 1.54) is 25.7 Å². The van der Waals surface area contributed by atoms with Crippen molar-refractivity contribution in [1.82, 2.24) is 30.0 Å². The van der Waals surface area contributed by atoms with Crippen LogP contribution >= 0.6 is 0 Å². The van der Waals surface area contributed by atoms with Crippen LogP contribution in [-0.2, 0) is 0 Å². The van der Waals surface area contributed by atoms with Crippen molar-refractivity contribution in [2.24, 2.45) is 0 Å². The number of fused-ring (bicyclic) bond motifs is 3. The molecule has 1 atom stereocenters. The average molecular weight is 517 g/mol. The Bertz CT molecular complexity index is 1330. The Morgan fingerprint density at radius 2 is 1.87 bits per heavy atom. The largest absolute Gasteiger partial charge is 0.495 e. The van der Waals surface area contributed by atoms with Gasteiger partial charge in [0.2, 0.25) is 5.95 Å². The maximum atomic E-state index is 12.8. The summed E-state index contributed by atoms with van der Waals surface area (Å²) in [5.74, 6) is 3.69. The van der Waals surface area contributed by atoms with Gasteiger partial charge in [0.15, 0.2) is 11.6 Å². The summed E-state index contributed by atoms with van der Waals surface area (Å²) in [5, 5.41) is 15.4. The number of rotatable bonds is 7. The summed E-state index contributed by atoms with van der Waals surface area (Å²) in [6.45, 7) is 4.17. The van der Waals surface area contributed by atoms with Crippen molar-refractivity contribution < 1.29 is 9.53 Å². The van der Waals surface area contributed by atoms with Gasteiger partial charge < -0.3 is 20.3 Å². The van der Waals surface area contributed by atoms with E-state index in [1.54, 1.807) is 13.2 Å². The topological polar surface area (TPSA) is 110 Å². The smallest absolute Gasteiger partial charge is 0.251 e. The Morgan fingerprint density at radius 3 is 2.61 bits per heavy atom. The number of carbonyl (C=O) groups excluding carboxylic acids is 1. The lowest BCUT2D eigenvalue weighted by Crippen LogP contribution is -2.42. The molecule has 38 heavy (non-hydrogen) atoms. The average Bonchev–Trinajstić information content (AvgIpc) is 3.71. The highest BCUT2D eigenvalue weighted by atomic mass is 16.5. The van der Waals surface area contributed by atoms with Crippen LogP contribution < -0.4 is 20.3 Å². The molecule has 1 aliphatic heterocycles. The number of nitrogens with one attached hydrogen (secondary N) is 2. The van der Waals surface area contributed by atoms with Crippen LogP contribution in [0.5, 0.6) is 5.75 Å². The second-order valence-corrected chi connectivity index (χ2v) is 10.6. The minimum absolute atomic E-state index is 0.0651. The minimum Gasteiger partial charge on any atom is -0.495 e. The van der Waals surface area contributed by atoms with E-state index < -0.39 is 0 Å². The van der Waals surface area contributed by atoms with Crippen molar-refractivity contribution in [3.63, 3.8) is 0 Å². The summed E-state index contributed by atoms with van der Waals surface area (Å²) in [6.07, 6.45) is 12.0. The van der Waals surface area contributed by atoms with Gasteiger partial charge in [-0.2, -0.15) is 4.98 Å². The Labute approximate surface area is 223 Å². The first kappa shape index (κ1) is 24.6. The van der Waals surface area contributed by atoms with Crippen molar-refractivity contribution in [3.8, 4) is 11.4 Å². The molecule has 10 heteroatoms. The molecular weight excluding hydrogens is 480 g/mol. The van der Waals surface area contributed by atoms with Crippen molar-refractivity contribution in [2.75, 3.05) is 17.3 Å². The highest BCUT2D eigenvalue weighted by Crippen LogP contribution is 2.43. The number of benzene rings is 1. The number of carbonyl (C=O) groups is 1. The zero-order valence-electron chi connectivity index (χ0n) is 22.4. The summed E-state index contributed by atoms with van der Waals surface area (Å²) in [4.78, 5) is 25.0. The minimum atomic E-state index is -0.0651. The third-order valence-electron chi connectivity index (χ3n) is 8.22. The number of hydrogen-bond donors (Lipinski definition) is 2. The SMILES string of the molecule is CC[C@@H]1c2nnc(C)n2-c2cnc(Nc3ccc(C(=O)NC4CCCC4)cc3OC)nc2N1C1CCCC1. The number of aromatic nitrogens is 5. The quantitative estimate of drug-likeness (QED) is 0.451. The Hall–Kier alpha value is -3.69. The lowest BCUT2D eigenvalue weighted by molar-refractivity contribution is 0.0937. The van der Waals surface area contributed by atoms with Crippen LogP contribution in [0.3, 0.4) is 0 Å². The number of nitrogens with zero attached hydrogens (tertiary/aromatic N) is 6. The maximum Gasteiger partial charge on any atom is 0.251 e. The van der Waals surface area contributed by atoms with Crippen LogP contribution in [0, 0.1) is 6.92 Å². The molecule has 3 heterocycles. The molecule has 3 aromatic rings. The third-order valence-corrected chi connectivity index (χ3v) is 8.22. The molecule has 0 radical (unpaired) electrons. The molecule has 0 unspecified atom stereocenters. The van der Waals surface area contributed by atoms with Crippen LogP contribution in [0.15, 0.2) is 24.4 Å². The van der Waals surface area contributed by atoms with E-state index in [9.17, 15) is 4.79 Å². The zero-order valence-corrected chi connectivity index (χ0v) is 22.4. The predicted octanol–water partition coefficient (Wildman–Crippen LogP) is 5.00. The molecule has 2 aliphatic carbocycles. The van der Waals surface area contributed by atoms with Crippen LogP contribution in [0.2, 0.25) is 0 Å². The first-order valence-electron chi connectivity index (χ1n) is 13.9. The van der Waals surface area contributed by atoms with Gasteiger partial charge in [-0.05, 0) is 57.2 Å². The Balaban J connectivity index is 1.32. The normalized spacial score (nSPS) is 19.3. The molecule has 0 bridgehead atoms. The highest BCUT2D eigenvalue weighted by molar-refractivity contribution is 5.95. The number of aryl methyl sites for hydroxylation is 1. The van der Waals surface area contributed by atoms with E-state index in [0.717, 1.165) is 55.3 Å². The molecular formula is C28H36N8O2. The van der Waals surface area contributed by atoms with Gasteiger partial charge in [0.25, 0.3) is 5.91 Å². The van der Waals surface area contributed by atoms with E-state index in [2.05, 4.69) is 42.2 Å². The maximum absolute atomic E-state index is 12.8. The van der Waals surface area contributed by atoms with Gasteiger partial charge in [0, 0.05) is 17.6 Å². The molecule has 200 valence electrons. The monoisotopic (exact) mass is 516 g/mol. The Kier molecular flexibility index (Phi) is 6.63. The number of anilines is 3. The molecule has 2 fully saturated rings. The van der Waals surface area contributed by atoms with Crippen LogP contribution in [0.4, 0.5) is 17.5 Å². The van der Waals surface area contributed by atoms with Gasteiger partial charge in [-0.3, -0.25) is 9.36 Å². The molecule has 6 rings (SSSR count). The zero-order chi connectivity index (χ0) is 26.2. The molecule has 10 nitrogen and oxygen atoms in total. The lowest BCUT2D eigenvalue weighted by atomic mass is 10.0. The first-order chi connectivity index (χ1) is 18.6. The van der Waals surface area contributed by atoms with Gasteiger partial charge in [-0.25, -0.2) is 4.98 Å². The van der Waals surface area contributed by atoms with Crippen LogP contribution in [0.1, 0.15) is 92.8 Å². The van der Waals surface area contributed by atoms with Gasteiger partial charge in [0.1, 0.15) is 17.3 Å². The molecule has 1 amide bonds. The Morgan fingerprint density at radius 1 is 1.11 bits per heavy atom. The number of ether oxygens (including phenoxy) is 1. The standard InChI is InChI=1S/C28H36N8O2/c1-4-22-26-34-33-17(2)35(26)23-16-29-28(32-25(23)36(22)20-11-7-8-12-20)31-21-14-13-18(15-24(21)38-3)27(37)30-19-9-5-6-10-19/h13-16,19-20,22H,4-12H2,1-3H3,(H,30,37)(H,29,31,32)/t22-/m1/s1. The summed E-state index contributed by atoms with van der Waals surface area (Å²) in [5.41, 5.74) is 2.20. The molecule has 1 aromatic carbocycles. The first-order valence-corrected chi connectivity index (χ1v) is 13.9. The van der Waals surface area contributed by atoms with Crippen LogP contribution in [0.25, 0.3) is 5.69 Å². The van der Waals surface area contributed by atoms with E-state index in [1.807, 2.05) is 25.3 Å². The number of methoxy groups -OCH3 is 1. The van der Waals surface area contributed by atoms with E-state index in [-0.39, 0.29) is 18.0 Å². The second-order valence-electron chi connectivity index (χ2n) is 10.6. The van der Waals surface area contributed by atoms with Gasteiger partial charge in [-0.1, -0.05) is 32.6 Å². The molecule has 2 saturated carbocycles. The van der Waals surface area contributed by atoms with E-state index >= 15 is 0 Å².